The SMILES string of the molecule is CC(=O)/C(=C\c1ccccc1/C=C/C(=O)OC(C)(C)C)C(=O)O. The molecule has 5 nitrogen and oxygen atoms in total. The number of ether oxygens (including phenoxy) is 1. The fourth-order valence-electron chi connectivity index (χ4n) is 1.76. The number of aliphatic carboxylic acids is 1. The van der Waals surface area contributed by atoms with E-state index in [0.29, 0.717) is 11.1 Å². The number of hydrogen-bond donors (Lipinski definition) is 1. The number of benzene rings is 1. The third-order valence-electron chi connectivity index (χ3n) is 2.71. The van der Waals surface area contributed by atoms with Gasteiger partial charge < -0.3 is 9.84 Å². The van der Waals surface area contributed by atoms with Gasteiger partial charge in [-0.15, -0.1) is 0 Å². The third kappa shape index (κ3) is 6.30. The number of rotatable bonds is 5. The number of Topliss-reactive ketones (excluding diaryl/α,β-unsaturated/α-hetero) is 1. The normalized spacial score (nSPS) is 12.3. The van der Waals surface area contributed by atoms with Gasteiger partial charge in [-0.1, -0.05) is 24.3 Å². The Hall–Kier alpha value is -2.69. The predicted octanol–water partition coefficient (Wildman–Crippen LogP) is 3.10. The van der Waals surface area contributed by atoms with Gasteiger partial charge in [0.25, 0.3) is 0 Å². The van der Waals surface area contributed by atoms with E-state index in [1.165, 1.54) is 25.2 Å². The highest BCUT2D eigenvalue weighted by Crippen LogP contribution is 2.16. The Bertz CT molecular complexity index is 659. The average molecular weight is 316 g/mol. The standard InChI is InChI=1S/C18H20O5/c1-12(19)15(17(21)22)11-14-8-6-5-7-13(14)9-10-16(20)23-18(2,3)4/h5-11H,1-4H3,(H,21,22)/b10-9+,15-11+. The van der Waals surface area contributed by atoms with E-state index in [2.05, 4.69) is 0 Å². The Balaban J connectivity index is 3.12. The van der Waals surface area contributed by atoms with Gasteiger partial charge in [0.15, 0.2) is 5.78 Å². The Kier molecular flexibility index (Phi) is 6.02. The highest BCUT2D eigenvalue weighted by atomic mass is 16.6. The molecule has 0 atom stereocenters. The van der Waals surface area contributed by atoms with Crippen LogP contribution in [0.4, 0.5) is 0 Å². The number of carboxylic acids is 1. The molecular formula is C18H20O5. The maximum atomic E-state index is 11.7. The zero-order valence-corrected chi connectivity index (χ0v) is 13.6. The number of esters is 1. The van der Waals surface area contributed by atoms with Crippen LogP contribution in [0.3, 0.4) is 0 Å². The number of carbonyl (C=O) groups is 3. The van der Waals surface area contributed by atoms with Crippen LogP contribution in [-0.2, 0) is 19.1 Å². The van der Waals surface area contributed by atoms with E-state index < -0.39 is 23.3 Å². The van der Waals surface area contributed by atoms with Crippen LogP contribution in [0.2, 0.25) is 0 Å². The fourth-order valence-corrected chi connectivity index (χ4v) is 1.76. The van der Waals surface area contributed by atoms with E-state index in [1.54, 1.807) is 45.0 Å². The minimum atomic E-state index is -1.29. The number of hydrogen-bond acceptors (Lipinski definition) is 4. The predicted molar refractivity (Wildman–Crippen MR) is 87.6 cm³/mol. The first-order valence-electron chi connectivity index (χ1n) is 7.06. The van der Waals surface area contributed by atoms with Gasteiger partial charge in [0.05, 0.1) is 0 Å². The molecule has 122 valence electrons. The molecule has 1 rings (SSSR count). The van der Waals surface area contributed by atoms with E-state index in [1.807, 2.05) is 0 Å². The maximum Gasteiger partial charge on any atom is 0.339 e. The molecule has 0 bridgehead atoms. The van der Waals surface area contributed by atoms with Gasteiger partial charge in [-0.25, -0.2) is 9.59 Å². The van der Waals surface area contributed by atoms with Crippen molar-refractivity contribution in [3.05, 3.63) is 47.0 Å². The van der Waals surface area contributed by atoms with Crippen molar-refractivity contribution in [1.82, 2.24) is 0 Å². The van der Waals surface area contributed by atoms with Crippen LogP contribution < -0.4 is 0 Å². The summed E-state index contributed by atoms with van der Waals surface area (Å²) in [5.41, 5.74) is 0.229. The smallest absolute Gasteiger partial charge is 0.339 e. The molecule has 1 N–H and O–H groups in total. The second-order valence-corrected chi connectivity index (χ2v) is 5.92. The van der Waals surface area contributed by atoms with Crippen molar-refractivity contribution in [1.29, 1.82) is 0 Å². The topological polar surface area (TPSA) is 80.7 Å². The lowest BCUT2D eigenvalue weighted by Gasteiger charge is -2.17. The second-order valence-electron chi connectivity index (χ2n) is 5.92. The molecule has 0 spiro atoms. The zero-order chi connectivity index (χ0) is 17.6. The molecule has 23 heavy (non-hydrogen) atoms. The van der Waals surface area contributed by atoms with Crippen LogP contribution >= 0.6 is 0 Å². The molecule has 0 fully saturated rings. The van der Waals surface area contributed by atoms with Gasteiger partial charge in [-0.3, -0.25) is 4.79 Å². The summed E-state index contributed by atoms with van der Waals surface area (Å²) in [7, 11) is 0. The van der Waals surface area contributed by atoms with Gasteiger partial charge in [-0.05, 0) is 51.0 Å². The summed E-state index contributed by atoms with van der Waals surface area (Å²) in [6.07, 6.45) is 4.09. The molecule has 0 unspecified atom stereocenters. The Morgan fingerprint density at radius 3 is 2.13 bits per heavy atom. The highest BCUT2D eigenvalue weighted by molar-refractivity contribution is 6.19. The largest absolute Gasteiger partial charge is 0.478 e. The van der Waals surface area contributed by atoms with Crippen molar-refractivity contribution in [3.63, 3.8) is 0 Å². The molecule has 0 saturated heterocycles. The maximum absolute atomic E-state index is 11.7. The molecule has 0 amide bonds. The van der Waals surface area contributed by atoms with Crippen molar-refractivity contribution in [2.24, 2.45) is 0 Å². The van der Waals surface area contributed by atoms with E-state index in [9.17, 15) is 14.4 Å². The lowest BCUT2D eigenvalue weighted by Crippen LogP contribution is -2.22. The first-order valence-corrected chi connectivity index (χ1v) is 7.06. The van der Waals surface area contributed by atoms with Gasteiger partial charge in [0.1, 0.15) is 11.2 Å². The number of carboxylic acid groups (broad SMARTS) is 1. The van der Waals surface area contributed by atoms with Crippen molar-refractivity contribution < 1.29 is 24.2 Å². The fraction of sp³-hybridized carbons (Fsp3) is 0.278. The van der Waals surface area contributed by atoms with Crippen LogP contribution in [0.1, 0.15) is 38.8 Å². The number of ketones is 1. The molecule has 0 aliphatic rings. The summed E-state index contributed by atoms with van der Waals surface area (Å²) >= 11 is 0. The Labute approximate surface area is 135 Å². The van der Waals surface area contributed by atoms with Crippen LogP contribution in [0, 0.1) is 0 Å². The minimum absolute atomic E-state index is 0.317. The zero-order valence-electron chi connectivity index (χ0n) is 13.6. The van der Waals surface area contributed by atoms with E-state index in [0.717, 1.165) is 0 Å². The van der Waals surface area contributed by atoms with Gasteiger partial charge in [0, 0.05) is 6.08 Å². The highest BCUT2D eigenvalue weighted by Gasteiger charge is 2.15. The quantitative estimate of drug-likeness (QED) is 0.391. The van der Waals surface area contributed by atoms with Gasteiger partial charge in [0.2, 0.25) is 0 Å². The molecule has 0 heterocycles. The Morgan fingerprint density at radius 1 is 1.09 bits per heavy atom. The molecule has 0 aromatic heterocycles. The van der Waals surface area contributed by atoms with E-state index in [-0.39, 0.29) is 5.57 Å². The average Bonchev–Trinajstić information content (AvgIpc) is 2.40. The lowest BCUT2D eigenvalue weighted by atomic mass is 10.0. The van der Waals surface area contributed by atoms with Crippen LogP contribution in [0.25, 0.3) is 12.2 Å². The molecule has 5 heteroatoms. The van der Waals surface area contributed by atoms with Gasteiger partial charge in [-0.2, -0.15) is 0 Å². The molecule has 0 saturated carbocycles. The molecule has 1 aromatic carbocycles. The summed E-state index contributed by atoms with van der Waals surface area (Å²) < 4.78 is 5.17. The summed E-state index contributed by atoms with van der Waals surface area (Å²) in [5.74, 6) is -2.33. The summed E-state index contributed by atoms with van der Waals surface area (Å²) in [6, 6.07) is 6.85. The molecule has 0 aliphatic heterocycles. The molecule has 0 aliphatic carbocycles. The first kappa shape index (κ1) is 18.4. The van der Waals surface area contributed by atoms with Crippen molar-refractivity contribution in [2.75, 3.05) is 0 Å². The third-order valence-corrected chi connectivity index (χ3v) is 2.71. The minimum Gasteiger partial charge on any atom is -0.478 e. The van der Waals surface area contributed by atoms with Crippen LogP contribution in [0.5, 0.6) is 0 Å². The monoisotopic (exact) mass is 316 g/mol. The van der Waals surface area contributed by atoms with E-state index in [4.69, 9.17) is 9.84 Å². The molecule has 1 aromatic rings. The van der Waals surface area contributed by atoms with E-state index >= 15 is 0 Å². The second kappa shape index (κ2) is 7.54. The molecule has 0 radical (unpaired) electrons. The summed E-state index contributed by atoms with van der Waals surface area (Å²) in [6.45, 7) is 6.49. The summed E-state index contributed by atoms with van der Waals surface area (Å²) in [5, 5.41) is 9.06. The van der Waals surface area contributed by atoms with Gasteiger partial charge >= 0.3 is 11.9 Å². The van der Waals surface area contributed by atoms with Crippen molar-refractivity contribution in [2.45, 2.75) is 33.3 Å². The molecular weight excluding hydrogens is 296 g/mol. The Morgan fingerprint density at radius 2 is 1.65 bits per heavy atom. The van der Waals surface area contributed by atoms with Crippen LogP contribution in [-0.4, -0.2) is 28.4 Å². The first-order chi connectivity index (χ1) is 10.6. The number of carbonyl (C=O) groups excluding carboxylic acids is 2. The lowest BCUT2D eigenvalue weighted by molar-refractivity contribution is -0.148. The summed E-state index contributed by atoms with van der Waals surface area (Å²) in [4.78, 5) is 34.2. The van der Waals surface area contributed by atoms with Crippen molar-refractivity contribution >= 4 is 29.9 Å². The van der Waals surface area contributed by atoms with Crippen LogP contribution in [0.15, 0.2) is 35.9 Å². The van der Waals surface area contributed by atoms with Crippen molar-refractivity contribution in [3.8, 4) is 0 Å².